The number of hydrazone groups is 1. The van der Waals surface area contributed by atoms with E-state index in [4.69, 9.17) is 5.84 Å². The molecule has 0 saturated heterocycles. The van der Waals surface area contributed by atoms with Crippen LogP contribution in [-0.4, -0.2) is 16.4 Å². The van der Waals surface area contributed by atoms with Crippen LogP contribution in [0.25, 0.3) is 0 Å². The van der Waals surface area contributed by atoms with E-state index in [1.54, 1.807) is 5.55 Å². The number of hydrogen-bond donors (Lipinski definition) is 1. The smallest absolute Gasteiger partial charge is 0.204 e. The highest BCUT2D eigenvalue weighted by Gasteiger charge is 2.11. The fourth-order valence-corrected chi connectivity index (χ4v) is 1.09. The third-order valence-electron chi connectivity index (χ3n) is 0.861. The summed E-state index contributed by atoms with van der Waals surface area (Å²) in [4.78, 5) is 7.72. The monoisotopic (exact) mass is 154 g/mol. The third-order valence-corrected chi connectivity index (χ3v) is 1.58. The predicted molar refractivity (Wildman–Crippen MR) is 45.3 cm³/mol. The van der Waals surface area contributed by atoms with E-state index in [-0.39, 0.29) is 0 Å². The fraction of sp³-hybridized carbons (Fsp3) is 0. The van der Waals surface area contributed by atoms with Crippen molar-refractivity contribution in [3.8, 4) is 0 Å². The van der Waals surface area contributed by atoms with Crippen LogP contribution in [0.5, 0.6) is 0 Å². The van der Waals surface area contributed by atoms with Gasteiger partial charge in [-0.1, -0.05) is 18.3 Å². The lowest BCUT2D eigenvalue weighted by molar-refractivity contribution is 1.24. The average Bonchev–Trinajstić information content (AvgIpc) is 2.36. The highest BCUT2D eigenvalue weighted by Crippen LogP contribution is 2.10. The molecule has 0 spiro atoms. The summed E-state index contributed by atoms with van der Waals surface area (Å²) in [5.74, 6) is 5.46. The Morgan fingerprint density at radius 2 is 2.60 bits per heavy atom. The van der Waals surface area contributed by atoms with Gasteiger partial charge in [-0.2, -0.15) is 5.10 Å². The molecule has 52 valence electrons. The molecule has 1 aliphatic rings. The van der Waals surface area contributed by atoms with Crippen molar-refractivity contribution < 1.29 is 0 Å². The molecule has 0 aromatic carbocycles. The molecule has 0 saturated carbocycles. The van der Waals surface area contributed by atoms with Crippen LogP contribution in [0.1, 0.15) is 0 Å². The normalized spacial score (nSPS) is 24.4. The third kappa shape index (κ3) is 1.24. The molecule has 1 heterocycles. The highest BCUT2D eigenvalue weighted by molar-refractivity contribution is 8.27. The van der Waals surface area contributed by atoms with Crippen molar-refractivity contribution in [1.82, 2.24) is 0 Å². The lowest BCUT2D eigenvalue weighted by Crippen LogP contribution is -2.04. The maximum absolute atomic E-state index is 5.00. The molecule has 0 unspecified atom stereocenters. The van der Waals surface area contributed by atoms with Crippen LogP contribution in [0.2, 0.25) is 0 Å². The maximum atomic E-state index is 5.00. The zero-order valence-electron chi connectivity index (χ0n) is 5.19. The van der Waals surface area contributed by atoms with Crippen molar-refractivity contribution in [2.75, 3.05) is 0 Å². The van der Waals surface area contributed by atoms with Crippen LogP contribution in [0.15, 0.2) is 27.9 Å². The van der Waals surface area contributed by atoms with Gasteiger partial charge < -0.3 is 5.84 Å². The first-order valence-electron chi connectivity index (χ1n) is 2.54. The Bertz CT molecular complexity index is 228. The lowest BCUT2D eigenvalue weighted by Gasteiger charge is -1.88. The minimum Gasteiger partial charge on any atom is -0.321 e. The van der Waals surface area contributed by atoms with Crippen molar-refractivity contribution >= 4 is 28.2 Å². The van der Waals surface area contributed by atoms with Gasteiger partial charge in [-0.05, 0) is 0 Å². The van der Waals surface area contributed by atoms with E-state index < -0.39 is 0 Å². The Morgan fingerprint density at radius 1 is 1.80 bits per heavy atom. The van der Waals surface area contributed by atoms with Crippen molar-refractivity contribution in [1.29, 1.82) is 0 Å². The molecule has 0 bridgehead atoms. The van der Waals surface area contributed by atoms with E-state index in [1.165, 1.54) is 18.0 Å². The SMILES string of the molecule is C=C/N=C1/SC=N/C1=N/N. The summed E-state index contributed by atoms with van der Waals surface area (Å²) in [5, 5.41) is 4.10. The highest BCUT2D eigenvalue weighted by atomic mass is 32.2. The summed E-state index contributed by atoms with van der Waals surface area (Å²) in [6.45, 7) is 3.44. The molecule has 2 N–H and O–H groups in total. The van der Waals surface area contributed by atoms with Crippen molar-refractivity contribution in [2.24, 2.45) is 20.9 Å². The molecule has 0 aromatic heterocycles. The van der Waals surface area contributed by atoms with Crippen molar-refractivity contribution in [3.05, 3.63) is 12.8 Å². The van der Waals surface area contributed by atoms with Crippen LogP contribution in [0.3, 0.4) is 0 Å². The van der Waals surface area contributed by atoms with Crippen LogP contribution in [-0.2, 0) is 0 Å². The first-order valence-corrected chi connectivity index (χ1v) is 3.42. The zero-order chi connectivity index (χ0) is 7.40. The molecule has 4 nitrogen and oxygen atoms in total. The zero-order valence-corrected chi connectivity index (χ0v) is 6.01. The van der Waals surface area contributed by atoms with Gasteiger partial charge in [-0.25, -0.2) is 9.98 Å². The Morgan fingerprint density at radius 3 is 3.20 bits per heavy atom. The molecule has 0 amide bonds. The largest absolute Gasteiger partial charge is 0.321 e. The van der Waals surface area contributed by atoms with Gasteiger partial charge >= 0.3 is 0 Å². The average molecular weight is 154 g/mol. The molecular formula is C5H6N4S. The van der Waals surface area contributed by atoms with E-state index >= 15 is 0 Å². The molecular weight excluding hydrogens is 148 g/mol. The van der Waals surface area contributed by atoms with Gasteiger partial charge in [-0.3, -0.25) is 0 Å². The molecule has 1 aliphatic heterocycles. The topological polar surface area (TPSA) is 63.1 Å². The minimum absolute atomic E-state index is 0.463. The lowest BCUT2D eigenvalue weighted by atomic mass is 10.6. The van der Waals surface area contributed by atoms with Crippen LogP contribution >= 0.6 is 11.8 Å². The number of amidine groups is 1. The summed E-state index contributed by atoms with van der Waals surface area (Å²) in [6, 6.07) is 0. The van der Waals surface area contributed by atoms with E-state index in [0.29, 0.717) is 10.9 Å². The first kappa shape index (κ1) is 7.01. The fourth-order valence-electron chi connectivity index (χ4n) is 0.494. The minimum atomic E-state index is 0.463. The van der Waals surface area contributed by atoms with Gasteiger partial charge in [0, 0.05) is 6.20 Å². The number of hydrogen-bond acceptors (Lipinski definition) is 4. The molecule has 1 rings (SSSR count). The van der Waals surface area contributed by atoms with E-state index in [1.807, 2.05) is 0 Å². The molecule has 5 heteroatoms. The first-order chi connectivity index (χ1) is 4.88. The second-order valence-electron chi connectivity index (χ2n) is 1.42. The molecule has 0 aromatic rings. The van der Waals surface area contributed by atoms with E-state index in [0.717, 1.165) is 0 Å². The van der Waals surface area contributed by atoms with Gasteiger partial charge in [0.2, 0.25) is 5.84 Å². The summed E-state index contributed by atoms with van der Waals surface area (Å²) >= 11 is 1.38. The Kier molecular flexibility index (Phi) is 2.22. The second kappa shape index (κ2) is 3.17. The Hall–Kier alpha value is -1.10. The summed E-state index contributed by atoms with van der Waals surface area (Å²) in [7, 11) is 0. The van der Waals surface area contributed by atoms with E-state index in [2.05, 4.69) is 21.7 Å². The maximum Gasteiger partial charge on any atom is 0.204 e. The quantitative estimate of drug-likeness (QED) is 0.443. The standard InChI is InChI=1S/C5H6N4S/c1-2-7-5-4(9-6)8-3-10-5/h2-3H,1,6H2/b7-5+,9-4+. The van der Waals surface area contributed by atoms with Crippen LogP contribution in [0, 0.1) is 0 Å². The summed E-state index contributed by atoms with van der Waals surface area (Å²) in [6.07, 6.45) is 1.43. The molecule has 0 fully saturated rings. The molecule has 0 aliphatic carbocycles. The molecule has 10 heavy (non-hydrogen) atoms. The van der Waals surface area contributed by atoms with Gasteiger partial charge in [0.25, 0.3) is 0 Å². The predicted octanol–water partition coefficient (Wildman–Crippen LogP) is 0.576. The van der Waals surface area contributed by atoms with Gasteiger partial charge in [0.15, 0.2) is 0 Å². The summed E-state index contributed by atoms with van der Waals surface area (Å²) < 4.78 is 0. The van der Waals surface area contributed by atoms with Crippen LogP contribution < -0.4 is 5.84 Å². The molecule has 0 radical (unpaired) electrons. The van der Waals surface area contributed by atoms with E-state index in [9.17, 15) is 0 Å². The van der Waals surface area contributed by atoms with Crippen molar-refractivity contribution in [3.63, 3.8) is 0 Å². The number of rotatable bonds is 1. The second-order valence-corrected chi connectivity index (χ2v) is 2.26. The number of aliphatic imine (C=N–C) groups is 2. The number of thioether (sulfide) groups is 1. The van der Waals surface area contributed by atoms with Gasteiger partial charge in [0.1, 0.15) is 5.04 Å². The Labute approximate surface area is 62.6 Å². The van der Waals surface area contributed by atoms with Gasteiger partial charge in [0.05, 0.1) is 5.55 Å². The number of nitrogens with zero attached hydrogens (tertiary/aromatic N) is 3. The number of nitrogens with two attached hydrogens (primary N) is 1. The Balaban J connectivity index is 2.84. The van der Waals surface area contributed by atoms with Crippen molar-refractivity contribution in [2.45, 2.75) is 0 Å². The summed E-state index contributed by atoms with van der Waals surface area (Å²) in [5.41, 5.74) is 1.63. The van der Waals surface area contributed by atoms with Crippen LogP contribution in [0.4, 0.5) is 0 Å². The molecule has 0 atom stereocenters. The van der Waals surface area contributed by atoms with Gasteiger partial charge in [-0.15, -0.1) is 0 Å².